The number of hydrogen-bond acceptors (Lipinski definition) is 4. The van der Waals surface area contributed by atoms with Crippen molar-refractivity contribution in [1.82, 2.24) is 15.1 Å². The van der Waals surface area contributed by atoms with E-state index in [1.54, 1.807) is 6.92 Å². The van der Waals surface area contributed by atoms with Crippen LogP contribution < -0.4 is 10.1 Å². The molecule has 2 fully saturated rings. The van der Waals surface area contributed by atoms with Crippen LogP contribution in [0.5, 0.6) is 5.75 Å². The molecule has 1 saturated carbocycles. The molecule has 10 heteroatoms. The summed E-state index contributed by atoms with van der Waals surface area (Å²) in [5, 5.41) is 4.24. The Balaban J connectivity index is 1.22. The van der Waals surface area contributed by atoms with Crippen LogP contribution in [0.1, 0.15) is 49.3 Å². The van der Waals surface area contributed by atoms with Gasteiger partial charge in [-0.15, -0.1) is 0 Å². The van der Waals surface area contributed by atoms with E-state index in [1.165, 1.54) is 0 Å². The van der Waals surface area contributed by atoms with Gasteiger partial charge < -0.3 is 19.9 Å². The third kappa shape index (κ3) is 7.05. The Morgan fingerprint density at radius 1 is 1.00 bits per heavy atom. The van der Waals surface area contributed by atoms with Gasteiger partial charge in [0.25, 0.3) is 5.91 Å². The zero-order valence-electron chi connectivity index (χ0n) is 25.0. The fourth-order valence-corrected chi connectivity index (χ4v) is 6.54. The predicted molar refractivity (Wildman–Crippen MR) is 166 cm³/mol. The molecule has 2 aliphatic heterocycles. The molecule has 0 unspecified atom stereocenters. The average Bonchev–Trinajstić information content (AvgIpc) is 3.86. The summed E-state index contributed by atoms with van der Waals surface area (Å²) in [6.45, 7) is 3.05. The van der Waals surface area contributed by atoms with Gasteiger partial charge in [-0.3, -0.25) is 9.59 Å². The molecule has 2 atom stereocenters. The molecule has 0 radical (unpaired) electrons. The maximum Gasteiger partial charge on any atom is 0.252 e. The number of rotatable bonds is 10. The van der Waals surface area contributed by atoms with Gasteiger partial charge in [0.2, 0.25) is 11.7 Å². The molecule has 3 aromatic rings. The van der Waals surface area contributed by atoms with Crippen LogP contribution in [-0.2, 0) is 22.6 Å². The monoisotopic (exact) mass is 637 g/mol. The van der Waals surface area contributed by atoms with E-state index in [4.69, 9.17) is 16.3 Å². The lowest BCUT2D eigenvalue weighted by Gasteiger charge is -2.44. The maximum atomic E-state index is 14.5. The second kappa shape index (κ2) is 13.3. The van der Waals surface area contributed by atoms with Crippen LogP contribution >= 0.6 is 11.6 Å². The minimum Gasteiger partial charge on any atom is -0.488 e. The normalized spacial score (nSPS) is 19.4. The average molecular weight is 638 g/mol. The van der Waals surface area contributed by atoms with Crippen LogP contribution in [0.3, 0.4) is 0 Å². The summed E-state index contributed by atoms with van der Waals surface area (Å²) < 4.78 is 46.4. The molecule has 0 aromatic heterocycles. The highest BCUT2D eigenvalue weighted by Gasteiger charge is 2.43. The van der Waals surface area contributed by atoms with Crippen molar-refractivity contribution in [3.8, 4) is 5.75 Å². The van der Waals surface area contributed by atoms with E-state index in [0.717, 1.165) is 47.2 Å². The fourth-order valence-electron chi connectivity index (χ4n) is 6.33. The summed E-state index contributed by atoms with van der Waals surface area (Å²) in [6, 6.07) is 17.0. The molecule has 0 spiro atoms. The Bertz CT molecular complexity index is 1630. The predicted octanol–water partition coefficient (Wildman–Crippen LogP) is 6.31. The highest BCUT2D eigenvalue weighted by atomic mass is 35.5. The van der Waals surface area contributed by atoms with Crippen molar-refractivity contribution in [2.24, 2.45) is 0 Å². The van der Waals surface area contributed by atoms with Crippen molar-refractivity contribution in [3.05, 3.63) is 105 Å². The van der Waals surface area contributed by atoms with E-state index in [0.29, 0.717) is 49.5 Å². The smallest absolute Gasteiger partial charge is 0.252 e. The van der Waals surface area contributed by atoms with Crippen LogP contribution in [0.25, 0.3) is 5.57 Å². The molecule has 3 aromatic carbocycles. The number of carbonyl (C=O) groups is 2. The van der Waals surface area contributed by atoms with E-state index in [2.05, 4.69) is 5.32 Å². The number of benzene rings is 3. The second-order valence-corrected chi connectivity index (χ2v) is 12.5. The van der Waals surface area contributed by atoms with Gasteiger partial charge in [0.1, 0.15) is 0 Å². The van der Waals surface area contributed by atoms with Crippen molar-refractivity contribution in [1.29, 1.82) is 0 Å². The van der Waals surface area contributed by atoms with Crippen LogP contribution in [0, 0.1) is 17.5 Å². The van der Waals surface area contributed by atoms with Gasteiger partial charge in [0.15, 0.2) is 17.4 Å². The SMILES string of the molecule is CC(=O)N1C[C@H]2CC(c3ccc(CCCOc4c(F)ccc(F)c4F)cc3)=C(C(=O)N(Cc3cccc(Cl)c3)C3CC3)[C@@H](C1)N2. The third-order valence-corrected chi connectivity index (χ3v) is 8.97. The number of fused-ring (bicyclic) bond motifs is 2. The second-order valence-electron chi connectivity index (χ2n) is 12.1. The summed E-state index contributed by atoms with van der Waals surface area (Å²) in [5.74, 6) is -4.16. The molecule has 1 saturated heterocycles. The lowest BCUT2D eigenvalue weighted by Crippen LogP contribution is -2.61. The number of amides is 2. The number of piperazine rings is 1. The quantitative estimate of drug-likeness (QED) is 0.209. The third-order valence-electron chi connectivity index (χ3n) is 8.73. The molecule has 2 amide bonds. The summed E-state index contributed by atoms with van der Waals surface area (Å²) in [7, 11) is 0. The van der Waals surface area contributed by atoms with E-state index >= 15 is 0 Å². The van der Waals surface area contributed by atoms with E-state index < -0.39 is 23.2 Å². The number of nitrogens with one attached hydrogen (secondary N) is 1. The molecule has 45 heavy (non-hydrogen) atoms. The van der Waals surface area contributed by atoms with Crippen LogP contribution in [0.4, 0.5) is 13.2 Å². The lowest BCUT2D eigenvalue weighted by atomic mass is 9.82. The number of nitrogens with zero attached hydrogens (tertiary/aromatic N) is 2. The zero-order chi connectivity index (χ0) is 31.7. The molecule has 1 N–H and O–H groups in total. The van der Waals surface area contributed by atoms with E-state index in [9.17, 15) is 22.8 Å². The van der Waals surface area contributed by atoms with Crippen LogP contribution in [0.15, 0.2) is 66.2 Å². The standard InChI is InChI=1S/C35H35ClF3N3O3/c1-21(43)41-19-26-17-28(24-9-7-22(8-10-24)5-3-15-45-34-30(38)14-13-29(37)33(34)39)32(31(20-41)40-26)35(44)42(27-11-12-27)18-23-4-2-6-25(36)16-23/h2,4,6-10,13-14,16,26-27,31,40H,3,5,11-12,15,17-20H2,1H3/t26-,31-/m1/s1. The Labute approximate surface area is 265 Å². The molecular formula is C35H35ClF3N3O3. The Kier molecular flexibility index (Phi) is 9.19. The van der Waals surface area contributed by atoms with Crippen LogP contribution in [-0.4, -0.2) is 59.4 Å². The first kappa shape index (κ1) is 31.2. The van der Waals surface area contributed by atoms with Crippen molar-refractivity contribution < 1.29 is 27.5 Å². The van der Waals surface area contributed by atoms with Gasteiger partial charge in [-0.2, -0.15) is 4.39 Å². The molecule has 6 rings (SSSR count). The van der Waals surface area contributed by atoms with Crippen molar-refractivity contribution in [3.63, 3.8) is 0 Å². The summed E-state index contributed by atoms with van der Waals surface area (Å²) in [5.41, 5.74) is 4.60. The highest BCUT2D eigenvalue weighted by Crippen LogP contribution is 2.37. The maximum absolute atomic E-state index is 14.5. The highest BCUT2D eigenvalue weighted by molar-refractivity contribution is 6.30. The zero-order valence-corrected chi connectivity index (χ0v) is 25.8. The minimum absolute atomic E-state index is 0.00377. The topological polar surface area (TPSA) is 61.9 Å². The molecule has 6 nitrogen and oxygen atoms in total. The summed E-state index contributed by atoms with van der Waals surface area (Å²) in [6.07, 6.45) is 3.56. The lowest BCUT2D eigenvalue weighted by molar-refractivity contribution is -0.132. The first-order chi connectivity index (χ1) is 21.7. The molecule has 2 heterocycles. The molecule has 236 valence electrons. The van der Waals surface area contributed by atoms with Crippen molar-refractivity contribution in [2.75, 3.05) is 19.7 Å². The van der Waals surface area contributed by atoms with Crippen molar-refractivity contribution in [2.45, 2.75) is 63.7 Å². The summed E-state index contributed by atoms with van der Waals surface area (Å²) >= 11 is 6.26. The summed E-state index contributed by atoms with van der Waals surface area (Å²) in [4.78, 5) is 30.6. The molecular weight excluding hydrogens is 603 g/mol. The number of aryl methyl sites for hydroxylation is 1. The molecule has 2 bridgehead atoms. The van der Waals surface area contributed by atoms with Gasteiger partial charge >= 0.3 is 0 Å². The molecule has 3 aliphatic rings. The van der Waals surface area contributed by atoms with Crippen molar-refractivity contribution >= 4 is 29.0 Å². The fraction of sp³-hybridized carbons (Fsp3) is 0.371. The number of carbonyl (C=O) groups excluding carboxylic acids is 2. The molecule has 1 aliphatic carbocycles. The Morgan fingerprint density at radius 2 is 1.76 bits per heavy atom. The van der Waals surface area contributed by atoms with Gasteiger partial charge in [0, 0.05) is 49.2 Å². The largest absolute Gasteiger partial charge is 0.488 e. The van der Waals surface area contributed by atoms with Gasteiger partial charge in [0.05, 0.1) is 12.6 Å². The van der Waals surface area contributed by atoms with E-state index in [1.807, 2.05) is 58.3 Å². The van der Waals surface area contributed by atoms with Gasteiger partial charge in [-0.05, 0) is 78.6 Å². The van der Waals surface area contributed by atoms with E-state index in [-0.39, 0.29) is 36.5 Å². The number of ether oxygens (including phenoxy) is 1. The van der Waals surface area contributed by atoms with Gasteiger partial charge in [-0.1, -0.05) is 48.0 Å². The Hall–Kier alpha value is -3.82. The van der Waals surface area contributed by atoms with Crippen LogP contribution in [0.2, 0.25) is 5.02 Å². The number of halogens is 4. The first-order valence-electron chi connectivity index (χ1n) is 15.3. The van der Waals surface area contributed by atoms with Gasteiger partial charge in [-0.25, -0.2) is 8.78 Å². The Morgan fingerprint density at radius 3 is 2.47 bits per heavy atom. The minimum atomic E-state index is -1.33. The first-order valence-corrected chi connectivity index (χ1v) is 15.7. The number of hydrogen-bond donors (Lipinski definition) is 1.